The van der Waals surface area contributed by atoms with Crippen LogP contribution in [0.2, 0.25) is 0 Å². The normalized spacial score (nSPS) is 11.2. The van der Waals surface area contributed by atoms with Gasteiger partial charge in [0.25, 0.3) is 0 Å². The minimum absolute atomic E-state index is 0.270. The minimum atomic E-state index is 0.270. The lowest BCUT2D eigenvalue weighted by Gasteiger charge is -2.04. The topological polar surface area (TPSA) is 69.1 Å². The van der Waals surface area contributed by atoms with Crippen LogP contribution in [0.3, 0.4) is 0 Å². The summed E-state index contributed by atoms with van der Waals surface area (Å²) in [7, 11) is 0. The van der Waals surface area contributed by atoms with Gasteiger partial charge in [-0.15, -0.1) is 5.10 Å². The van der Waals surface area contributed by atoms with Gasteiger partial charge in [-0.2, -0.15) is 4.98 Å². The highest BCUT2D eigenvalue weighted by Crippen LogP contribution is 2.25. The number of fused-ring (bicyclic) bond motifs is 2. The van der Waals surface area contributed by atoms with Gasteiger partial charge in [-0.25, -0.2) is 4.52 Å². The zero-order valence-electron chi connectivity index (χ0n) is 10.6. The summed E-state index contributed by atoms with van der Waals surface area (Å²) in [5.74, 6) is 0.270. The SMILES string of the molecule is Nc1nc2c(-c3cnc4ccccc4c3)cccn2n1. The summed E-state index contributed by atoms with van der Waals surface area (Å²) in [4.78, 5) is 8.75. The molecule has 0 aliphatic heterocycles. The Kier molecular flexibility index (Phi) is 2.20. The molecule has 0 bridgehead atoms. The molecule has 0 unspecified atom stereocenters. The van der Waals surface area contributed by atoms with Crippen LogP contribution in [0.1, 0.15) is 0 Å². The molecular weight excluding hydrogens is 250 g/mol. The van der Waals surface area contributed by atoms with Crippen molar-refractivity contribution in [1.82, 2.24) is 19.6 Å². The van der Waals surface area contributed by atoms with Crippen molar-refractivity contribution in [3.63, 3.8) is 0 Å². The van der Waals surface area contributed by atoms with E-state index in [1.165, 1.54) is 0 Å². The number of nitrogens with zero attached hydrogens (tertiary/aromatic N) is 4. The van der Waals surface area contributed by atoms with Gasteiger partial charge in [0.2, 0.25) is 5.95 Å². The average Bonchev–Trinajstić information content (AvgIpc) is 2.86. The summed E-state index contributed by atoms with van der Waals surface area (Å²) >= 11 is 0. The van der Waals surface area contributed by atoms with Gasteiger partial charge >= 0.3 is 0 Å². The summed E-state index contributed by atoms with van der Waals surface area (Å²) < 4.78 is 1.68. The third-order valence-corrected chi connectivity index (χ3v) is 3.28. The van der Waals surface area contributed by atoms with Crippen LogP contribution in [-0.4, -0.2) is 19.6 Å². The standard InChI is InChI=1S/C15H11N5/c16-15-18-14-12(5-3-7-20(14)19-15)11-8-10-4-1-2-6-13(10)17-9-11/h1-9H,(H2,16,19). The molecule has 0 aliphatic rings. The predicted octanol–water partition coefficient (Wildman–Crippen LogP) is 2.53. The Morgan fingerprint density at radius 2 is 1.95 bits per heavy atom. The summed E-state index contributed by atoms with van der Waals surface area (Å²) in [6.07, 6.45) is 3.68. The van der Waals surface area contributed by atoms with E-state index in [2.05, 4.69) is 21.1 Å². The summed E-state index contributed by atoms with van der Waals surface area (Å²) in [5, 5.41) is 5.22. The Bertz CT molecular complexity index is 926. The number of nitrogens with two attached hydrogens (primary N) is 1. The number of anilines is 1. The van der Waals surface area contributed by atoms with Gasteiger partial charge in [0, 0.05) is 28.9 Å². The quantitative estimate of drug-likeness (QED) is 0.571. The number of hydrogen-bond acceptors (Lipinski definition) is 4. The average molecular weight is 261 g/mol. The molecule has 0 aliphatic carbocycles. The first-order valence-corrected chi connectivity index (χ1v) is 6.27. The van der Waals surface area contributed by atoms with E-state index >= 15 is 0 Å². The van der Waals surface area contributed by atoms with E-state index in [-0.39, 0.29) is 5.95 Å². The van der Waals surface area contributed by atoms with Crippen molar-refractivity contribution in [1.29, 1.82) is 0 Å². The van der Waals surface area contributed by atoms with Gasteiger partial charge in [-0.3, -0.25) is 4.98 Å². The number of rotatable bonds is 1. The second kappa shape index (κ2) is 4.03. The molecule has 0 radical (unpaired) electrons. The van der Waals surface area contributed by atoms with Gasteiger partial charge < -0.3 is 5.73 Å². The second-order valence-corrected chi connectivity index (χ2v) is 4.58. The van der Waals surface area contributed by atoms with Crippen LogP contribution in [0.4, 0.5) is 5.95 Å². The van der Waals surface area contributed by atoms with Crippen LogP contribution in [0.15, 0.2) is 54.9 Å². The lowest BCUT2D eigenvalue weighted by molar-refractivity contribution is 0.969. The molecule has 0 fully saturated rings. The minimum Gasteiger partial charge on any atom is -0.366 e. The Morgan fingerprint density at radius 3 is 2.90 bits per heavy atom. The number of benzene rings is 1. The van der Waals surface area contributed by atoms with Crippen molar-refractivity contribution >= 4 is 22.5 Å². The van der Waals surface area contributed by atoms with Crippen LogP contribution < -0.4 is 5.73 Å². The predicted molar refractivity (Wildman–Crippen MR) is 78.1 cm³/mol. The second-order valence-electron chi connectivity index (χ2n) is 4.58. The Balaban J connectivity index is 2.00. The molecule has 96 valence electrons. The van der Waals surface area contributed by atoms with E-state index in [0.29, 0.717) is 0 Å². The lowest BCUT2D eigenvalue weighted by Crippen LogP contribution is -1.90. The van der Waals surface area contributed by atoms with E-state index in [0.717, 1.165) is 27.7 Å². The third-order valence-electron chi connectivity index (χ3n) is 3.28. The van der Waals surface area contributed by atoms with Crippen LogP contribution in [0.5, 0.6) is 0 Å². The van der Waals surface area contributed by atoms with Crippen LogP contribution in [-0.2, 0) is 0 Å². The molecule has 3 aromatic heterocycles. The molecule has 0 amide bonds. The van der Waals surface area contributed by atoms with E-state index in [1.54, 1.807) is 4.52 Å². The molecule has 5 heteroatoms. The number of hydrogen-bond donors (Lipinski definition) is 1. The first-order valence-electron chi connectivity index (χ1n) is 6.27. The van der Waals surface area contributed by atoms with E-state index in [9.17, 15) is 0 Å². The molecule has 0 spiro atoms. The highest BCUT2D eigenvalue weighted by molar-refractivity contribution is 5.86. The highest BCUT2D eigenvalue weighted by Gasteiger charge is 2.08. The molecule has 0 saturated carbocycles. The maximum Gasteiger partial charge on any atom is 0.240 e. The highest BCUT2D eigenvalue weighted by atomic mass is 15.3. The number of nitrogen functional groups attached to an aromatic ring is 1. The molecule has 4 rings (SSSR count). The van der Waals surface area contributed by atoms with Crippen molar-refractivity contribution in [2.24, 2.45) is 0 Å². The first kappa shape index (κ1) is 10.9. The Labute approximate surface area is 114 Å². The lowest BCUT2D eigenvalue weighted by atomic mass is 10.1. The fraction of sp³-hybridized carbons (Fsp3) is 0. The van der Waals surface area contributed by atoms with E-state index in [4.69, 9.17) is 5.73 Å². The smallest absolute Gasteiger partial charge is 0.240 e. The van der Waals surface area contributed by atoms with Gasteiger partial charge in [0.15, 0.2) is 5.65 Å². The molecule has 0 atom stereocenters. The molecule has 5 nitrogen and oxygen atoms in total. The molecule has 0 saturated heterocycles. The van der Waals surface area contributed by atoms with Crippen molar-refractivity contribution in [3.8, 4) is 11.1 Å². The molecule has 3 heterocycles. The van der Waals surface area contributed by atoms with Gasteiger partial charge in [-0.05, 0) is 24.3 Å². The Morgan fingerprint density at radius 1 is 1.05 bits per heavy atom. The van der Waals surface area contributed by atoms with E-state index < -0.39 is 0 Å². The summed E-state index contributed by atoms with van der Waals surface area (Å²) in [6, 6.07) is 14.0. The summed E-state index contributed by atoms with van der Waals surface area (Å²) in [5.41, 5.74) is 9.35. The fourth-order valence-corrected chi connectivity index (χ4v) is 2.37. The zero-order chi connectivity index (χ0) is 13.5. The molecule has 1 aromatic carbocycles. The monoisotopic (exact) mass is 261 g/mol. The molecular formula is C15H11N5. The maximum atomic E-state index is 5.67. The van der Waals surface area contributed by atoms with Crippen molar-refractivity contribution in [2.45, 2.75) is 0 Å². The summed E-state index contributed by atoms with van der Waals surface area (Å²) in [6.45, 7) is 0. The molecule has 20 heavy (non-hydrogen) atoms. The molecule has 2 N–H and O–H groups in total. The van der Waals surface area contributed by atoms with Crippen LogP contribution in [0.25, 0.3) is 27.7 Å². The van der Waals surface area contributed by atoms with Crippen LogP contribution in [0, 0.1) is 0 Å². The van der Waals surface area contributed by atoms with Crippen molar-refractivity contribution in [2.75, 3.05) is 5.73 Å². The maximum absolute atomic E-state index is 5.67. The number of para-hydroxylation sites is 1. The van der Waals surface area contributed by atoms with Crippen molar-refractivity contribution < 1.29 is 0 Å². The third kappa shape index (κ3) is 1.60. The van der Waals surface area contributed by atoms with Gasteiger partial charge in [-0.1, -0.05) is 18.2 Å². The van der Waals surface area contributed by atoms with Gasteiger partial charge in [0.05, 0.1) is 5.52 Å². The van der Waals surface area contributed by atoms with Crippen molar-refractivity contribution in [3.05, 3.63) is 54.9 Å². The molecule has 4 aromatic rings. The van der Waals surface area contributed by atoms with E-state index in [1.807, 2.05) is 48.8 Å². The van der Waals surface area contributed by atoms with Gasteiger partial charge in [0.1, 0.15) is 0 Å². The largest absolute Gasteiger partial charge is 0.366 e. The zero-order valence-corrected chi connectivity index (χ0v) is 10.6. The first-order chi connectivity index (χ1) is 9.81. The Hall–Kier alpha value is -2.95. The fourth-order valence-electron chi connectivity index (χ4n) is 2.37. The number of pyridine rings is 2. The number of aromatic nitrogens is 4. The van der Waals surface area contributed by atoms with Crippen LogP contribution >= 0.6 is 0 Å².